The average Bonchev–Trinajstić information content (AvgIpc) is 2.80. The predicted molar refractivity (Wildman–Crippen MR) is 79.8 cm³/mol. The molecule has 0 aliphatic rings. The summed E-state index contributed by atoms with van der Waals surface area (Å²) in [5, 5.41) is 3.94. The summed E-state index contributed by atoms with van der Waals surface area (Å²) in [7, 11) is 1.96. The van der Waals surface area contributed by atoms with Crippen LogP contribution in [0.2, 0.25) is 0 Å². The van der Waals surface area contributed by atoms with E-state index in [1.807, 2.05) is 61.1 Å². The molecule has 3 rings (SSSR count). The molecule has 2 aromatic heterocycles. The Balaban J connectivity index is 1.90. The summed E-state index contributed by atoms with van der Waals surface area (Å²) in [6.07, 6.45) is 1.98. The molecule has 2 heterocycles. The molecule has 1 aromatic carbocycles. The van der Waals surface area contributed by atoms with Gasteiger partial charge in [0.15, 0.2) is 0 Å². The lowest BCUT2D eigenvalue weighted by Gasteiger charge is -2.06. The normalized spacial score (nSPS) is 10.7. The van der Waals surface area contributed by atoms with Crippen LogP contribution in [0.5, 0.6) is 0 Å². The van der Waals surface area contributed by atoms with Gasteiger partial charge in [-0.15, -0.1) is 0 Å². The van der Waals surface area contributed by atoms with Crippen LogP contribution in [0.4, 0.5) is 5.82 Å². The Hall–Kier alpha value is -2.62. The van der Waals surface area contributed by atoms with Crippen LogP contribution in [0.25, 0.3) is 10.9 Å². The molecule has 1 N–H and O–H groups in total. The zero-order chi connectivity index (χ0) is 14.1. The van der Waals surface area contributed by atoms with Crippen molar-refractivity contribution >= 4 is 22.6 Å². The Morgan fingerprint density at radius 1 is 1.20 bits per heavy atom. The van der Waals surface area contributed by atoms with Crippen LogP contribution in [0.3, 0.4) is 0 Å². The summed E-state index contributed by atoms with van der Waals surface area (Å²) in [6, 6.07) is 13.2. The van der Waals surface area contributed by atoms with Crippen molar-refractivity contribution < 1.29 is 4.79 Å². The van der Waals surface area contributed by atoms with Crippen LogP contribution in [-0.2, 0) is 7.05 Å². The third kappa shape index (κ3) is 2.28. The van der Waals surface area contributed by atoms with Gasteiger partial charge in [-0.2, -0.15) is 0 Å². The van der Waals surface area contributed by atoms with Crippen molar-refractivity contribution in [1.82, 2.24) is 9.55 Å². The quantitative estimate of drug-likeness (QED) is 0.773. The maximum atomic E-state index is 12.2. The van der Waals surface area contributed by atoms with Crippen LogP contribution in [-0.4, -0.2) is 15.5 Å². The highest BCUT2D eigenvalue weighted by molar-refractivity contribution is 6.05. The van der Waals surface area contributed by atoms with Crippen LogP contribution in [0, 0.1) is 6.92 Å². The average molecular weight is 265 g/mol. The molecule has 0 atom stereocenters. The third-order valence-electron chi connectivity index (χ3n) is 3.28. The highest BCUT2D eigenvalue weighted by atomic mass is 16.1. The van der Waals surface area contributed by atoms with E-state index < -0.39 is 0 Å². The van der Waals surface area contributed by atoms with Gasteiger partial charge in [-0.3, -0.25) is 4.79 Å². The van der Waals surface area contributed by atoms with Crippen molar-refractivity contribution in [3.8, 4) is 0 Å². The lowest BCUT2D eigenvalue weighted by Crippen LogP contribution is -2.13. The molecule has 0 bridgehead atoms. The first kappa shape index (κ1) is 12.4. The van der Waals surface area contributed by atoms with Crippen molar-refractivity contribution in [3.63, 3.8) is 0 Å². The summed E-state index contributed by atoms with van der Waals surface area (Å²) in [6.45, 7) is 1.89. The van der Waals surface area contributed by atoms with E-state index in [-0.39, 0.29) is 5.91 Å². The molecule has 0 radical (unpaired) electrons. The number of benzene rings is 1. The van der Waals surface area contributed by atoms with Gasteiger partial charge in [0.1, 0.15) is 5.82 Å². The van der Waals surface area contributed by atoms with Crippen molar-refractivity contribution in [2.45, 2.75) is 6.92 Å². The third-order valence-corrected chi connectivity index (χ3v) is 3.28. The second-order valence-electron chi connectivity index (χ2n) is 4.82. The van der Waals surface area contributed by atoms with Crippen LogP contribution >= 0.6 is 0 Å². The molecule has 0 unspecified atom stereocenters. The van der Waals surface area contributed by atoms with Gasteiger partial charge >= 0.3 is 0 Å². The van der Waals surface area contributed by atoms with Crippen molar-refractivity contribution in [3.05, 3.63) is 59.9 Å². The minimum atomic E-state index is -0.147. The Labute approximate surface area is 117 Å². The highest BCUT2D eigenvalue weighted by Crippen LogP contribution is 2.17. The van der Waals surface area contributed by atoms with E-state index in [0.717, 1.165) is 16.6 Å². The second kappa shape index (κ2) is 4.81. The summed E-state index contributed by atoms with van der Waals surface area (Å²) in [5.41, 5.74) is 2.54. The first-order valence-electron chi connectivity index (χ1n) is 6.43. The number of carbonyl (C=O) groups excluding carboxylic acids is 1. The summed E-state index contributed by atoms with van der Waals surface area (Å²) < 4.78 is 2.00. The Morgan fingerprint density at radius 3 is 2.85 bits per heavy atom. The second-order valence-corrected chi connectivity index (χ2v) is 4.82. The number of amides is 1. The zero-order valence-electron chi connectivity index (χ0n) is 11.4. The van der Waals surface area contributed by atoms with Crippen molar-refractivity contribution in [1.29, 1.82) is 0 Å². The van der Waals surface area contributed by atoms with Crippen molar-refractivity contribution in [2.75, 3.05) is 5.32 Å². The summed E-state index contributed by atoms with van der Waals surface area (Å²) in [4.78, 5) is 16.5. The van der Waals surface area contributed by atoms with Gasteiger partial charge < -0.3 is 9.88 Å². The standard InChI is InChI=1S/C16H15N3O/c1-11-4-3-5-15(17-11)18-16(20)13-7-6-12-8-9-19(2)14(12)10-13/h3-10H,1-2H3,(H,17,18,20). The number of pyridine rings is 1. The van der Waals surface area contributed by atoms with Gasteiger partial charge in [0, 0.05) is 30.0 Å². The number of rotatable bonds is 2. The molecule has 3 aromatic rings. The van der Waals surface area contributed by atoms with E-state index in [9.17, 15) is 4.79 Å². The van der Waals surface area contributed by atoms with Crippen LogP contribution < -0.4 is 5.32 Å². The number of nitrogens with one attached hydrogen (secondary N) is 1. The molecule has 0 saturated heterocycles. The lowest BCUT2D eigenvalue weighted by molar-refractivity contribution is 0.102. The SMILES string of the molecule is Cc1cccc(NC(=O)c2ccc3ccn(C)c3c2)n1. The van der Waals surface area contributed by atoms with Gasteiger partial charge in [0.25, 0.3) is 5.91 Å². The molecular formula is C16H15N3O. The van der Waals surface area contributed by atoms with E-state index in [1.54, 1.807) is 6.07 Å². The first-order valence-corrected chi connectivity index (χ1v) is 6.43. The smallest absolute Gasteiger partial charge is 0.256 e. The molecular weight excluding hydrogens is 250 g/mol. The molecule has 0 aliphatic carbocycles. The number of hydrogen-bond acceptors (Lipinski definition) is 2. The Bertz CT molecular complexity index is 789. The number of hydrogen-bond donors (Lipinski definition) is 1. The fraction of sp³-hybridized carbons (Fsp3) is 0.125. The number of aryl methyl sites for hydroxylation is 2. The van der Waals surface area contributed by atoms with Crippen LogP contribution in [0.1, 0.15) is 16.1 Å². The number of aromatic nitrogens is 2. The number of nitrogens with zero attached hydrogens (tertiary/aromatic N) is 2. The van der Waals surface area contributed by atoms with E-state index >= 15 is 0 Å². The van der Waals surface area contributed by atoms with Gasteiger partial charge in [-0.25, -0.2) is 4.98 Å². The summed E-state index contributed by atoms with van der Waals surface area (Å²) in [5.74, 6) is 0.424. The highest BCUT2D eigenvalue weighted by Gasteiger charge is 2.08. The first-order chi connectivity index (χ1) is 9.63. The van der Waals surface area contributed by atoms with E-state index in [1.165, 1.54) is 0 Å². The minimum absolute atomic E-state index is 0.147. The van der Waals surface area contributed by atoms with E-state index in [2.05, 4.69) is 10.3 Å². The largest absolute Gasteiger partial charge is 0.351 e. The maximum Gasteiger partial charge on any atom is 0.256 e. The fourth-order valence-corrected chi connectivity index (χ4v) is 2.20. The predicted octanol–water partition coefficient (Wildman–Crippen LogP) is 3.13. The molecule has 20 heavy (non-hydrogen) atoms. The topological polar surface area (TPSA) is 46.9 Å². The van der Waals surface area contributed by atoms with Gasteiger partial charge in [0.2, 0.25) is 0 Å². The van der Waals surface area contributed by atoms with Crippen LogP contribution in [0.15, 0.2) is 48.7 Å². The van der Waals surface area contributed by atoms with Crippen molar-refractivity contribution in [2.24, 2.45) is 7.05 Å². The molecule has 0 spiro atoms. The Morgan fingerprint density at radius 2 is 2.05 bits per heavy atom. The van der Waals surface area contributed by atoms with E-state index in [0.29, 0.717) is 11.4 Å². The number of carbonyl (C=O) groups is 1. The maximum absolute atomic E-state index is 12.2. The molecule has 4 nitrogen and oxygen atoms in total. The van der Waals surface area contributed by atoms with Gasteiger partial charge in [-0.05, 0) is 42.6 Å². The zero-order valence-corrected chi connectivity index (χ0v) is 11.4. The lowest BCUT2D eigenvalue weighted by atomic mass is 10.1. The van der Waals surface area contributed by atoms with E-state index in [4.69, 9.17) is 0 Å². The monoisotopic (exact) mass is 265 g/mol. The Kier molecular flexibility index (Phi) is 2.99. The molecule has 0 aliphatic heterocycles. The molecule has 1 amide bonds. The molecule has 100 valence electrons. The molecule has 0 saturated carbocycles. The van der Waals surface area contributed by atoms with Gasteiger partial charge in [0.05, 0.1) is 0 Å². The minimum Gasteiger partial charge on any atom is -0.351 e. The summed E-state index contributed by atoms with van der Waals surface area (Å²) >= 11 is 0. The number of fused-ring (bicyclic) bond motifs is 1. The van der Waals surface area contributed by atoms with Gasteiger partial charge in [-0.1, -0.05) is 12.1 Å². The number of anilines is 1. The fourth-order valence-electron chi connectivity index (χ4n) is 2.20. The molecule has 0 fully saturated rings. The molecule has 4 heteroatoms.